The average Bonchev–Trinajstić information content (AvgIpc) is 2.34. The van der Waals surface area contributed by atoms with Crippen molar-refractivity contribution in [2.45, 2.75) is 32.4 Å². The van der Waals surface area contributed by atoms with Gasteiger partial charge in [-0.1, -0.05) is 0 Å². The number of hydrogen-bond donors (Lipinski definition) is 0. The lowest BCUT2D eigenvalue weighted by atomic mass is 10.2. The van der Waals surface area contributed by atoms with Crippen LogP contribution in [0.25, 0.3) is 0 Å². The van der Waals surface area contributed by atoms with Crippen molar-refractivity contribution in [1.82, 2.24) is 0 Å². The topological polar surface area (TPSA) is 0 Å². The van der Waals surface area contributed by atoms with Crippen LogP contribution in [0.2, 0.25) is 11.6 Å². The van der Waals surface area contributed by atoms with Crippen LogP contribution in [0.1, 0.15) is 20.8 Å². The highest BCUT2D eigenvalue weighted by Gasteiger charge is 2.46. The second kappa shape index (κ2) is 3.30. The van der Waals surface area contributed by atoms with Gasteiger partial charge in [0.05, 0.1) is 11.6 Å². The summed E-state index contributed by atoms with van der Waals surface area (Å²) in [7, 11) is -0.340. The quantitative estimate of drug-likeness (QED) is 0.523. The van der Waals surface area contributed by atoms with Crippen molar-refractivity contribution in [3.63, 3.8) is 0 Å². The van der Waals surface area contributed by atoms with Gasteiger partial charge in [-0.3, -0.25) is 0 Å². The first kappa shape index (κ1) is 9.31. The van der Waals surface area contributed by atoms with E-state index >= 15 is 0 Å². The summed E-state index contributed by atoms with van der Waals surface area (Å²) in [6, 6.07) is 0. The summed E-state index contributed by atoms with van der Waals surface area (Å²) in [4.78, 5) is 0. The summed E-state index contributed by atoms with van der Waals surface area (Å²) in [5.41, 5.74) is 1.56. The van der Waals surface area contributed by atoms with Gasteiger partial charge in [0.1, 0.15) is 5.54 Å². The van der Waals surface area contributed by atoms with Crippen LogP contribution in [0, 0.1) is 31.2 Å². The first-order valence-electron chi connectivity index (χ1n) is 4.08. The summed E-state index contributed by atoms with van der Waals surface area (Å²) in [6.45, 7) is 9.37. The van der Waals surface area contributed by atoms with Gasteiger partial charge in [0.2, 0.25) is 0 Å². The Morgan fingerprint density at radius 2 is 1.55 bits per heavy atom. The minimum absolute atomic E-state index is 0.340. The first-order chi connectivity index (χ1) is 5.02. The zero-order chi connectivity index (χ0) is 8.48. The van der Waals surface area contributed by atoms with E-state index in [2.05, 4.69) is 53.0 Å². The van der Waals surface area contributed by atoms with E-state index in [-0.39, 0.29) is 8.80 Å². The molecular weight excluding hydrogens is 148 g/mol. The monoisotopic (exact) mass is 164 g/mol. The molecule has 59 valence electrons. The predicted octanol–water partition coefficient (Wildman–Crippen LogP) is 2.86. The van der Waals surface area contributed by atoms with Crippen molar-refractivity contribution >= 4 is 8.80 Å². The normalized spacial score (nSPS) is 20.7. The smallest absolute Gasteiger partial charge is 0.0321 e. The van der Waals surface area contributed by atoms with Gasteiger partial charge in [0, 0.05) is 12.8 Å². The molecule has 5 radical (unpaired) electrons. The van der Waals surface area contributed by atoms with E-state index in [1.165, 1.54) is 0 Å². The summed E-state index contributed by atoms with van der Waals surface area (Å²) in [5.74, 6) is 0. The molecular formula is C10H16Si+. The van der Waals surface area contributed by atoms with E-state index < -0.39 is 0 Å². The maximum absolute atomic E-state index is 2.39. The van der Waals surface area contributed by atoms with Gasteiger partial charge < -0.3 is 0 Å². The van der Waals surface area contributed by atoms with Gasteiger partial charge >= 0.3 is 8.80 Å². The molecule has 0 N–H and O–H groups in total. The van der Waals surface area contributed by atoms with Crippen LogP contribution in [0.15, 0.2) is 0 Å². The lowest BCUT2D eigenvalue weighted by molar-refractivity contribution is 0.738. The highest BCUT2D eigenvalue weighted by atomic mass is 28.3. The molecule has 0 bridgehead atoms. The van der Waals surface area contributed by atoms with E-state index in [0.29, 0.717) is 5.04 Å². The van der Waals surface area contributed by atoms with Crippen LogP contribution in [-0.2, 0) is 0 Å². The SMILES string of the molecule is C[Si+]([C]1[CH][CH][CH][CH]1)C(C)(C)C. The molecule has 1 fully saturated rings. The van der Waals surface area contributed by atoms with Crippen molar-refractivity contribution < 1.29 is 0 Å². The molecule has 0 spiro atoms. The van der Waals surface area contributed by atoms with Gasteiger partial charge in [-0.05, 0) is 33.6 Å². The highest BCUT2D eigenvalue weighted by Crippen LogP contribution is 2.37. The zero-order valence-corrected chi connectivity index (χ0v) is 8.81. The van der Waals surface area contributed by atoms with E-state index in [9.17, 15) is 0 Å². The summed E-state index contributed by atoms with van der Waals surface area (Å²) < 4.78 is 0. The molecule has 0 heterocycles. The molecule has 1 rings (SSSR count). The molecule has 11 heavy (non-hydrogen) atoms. The largest absolute Gasteiger partial charge is 0.327 e. The van der Waals surface area contributed by atoms with Crippen LogP contribution in [0.5, 0.6) is 0 Å². The Morgan fingerprint density at radius 3 is 1.91 bits per heavy atom. The Balaban J connectivity index is 2.46. The molecule has 0 aromatic heterocycles. The molecule has 0 amide bonds. The minimum atomic E-state index is -0.340. The standard InChI is InChI=1S/C10H16Si/c1-10(2,3)11(4)9-7-5-6-8-9/h5-8H,1-4H3/q+1. The molecule has 1 aliphatic carbocycles. The zero-order valence-electron chi connectivity index (χ0n) is 7.81. The van der Waals surface area contributed by atoms with Gasteiger partial charge in [0.25, 0.3) is 0 Å². The number of hydrogen-bond acceptors (Lipinski definition) is 0. The Bertz CT molecular complexity index is 117. The van der Waals surface area contributed by atoms with Crippen LogP contribution < -0.4 is 0 Å². The molecule has 0 aromatic carbocycles. The molecule has 1 aliphatic rings. The van der Waals surface area contributed by atoms with Crippen molar-refractivity contribution in [2.24, 2.45) is 0 Å². The lowest BCUT2D eigenvalue weighted by Crippen LogP contribution is -2.28. The van der Waals surface area contributed by atoms with E-state index in [1.807, 2.05) is 0 Å². The Hall–Kier alpha value is 0.217. The summed E-state index contributed by atoms with van der Waals surface area (Å²) in [5, 5.41) is 0.485. The summed E-state index contributed by atoms with van der Waals surface area (Å²) in [6.07, 6.45) is 8.77. The minimum Gasteiger partial charge on any atom is -0.0321 e. The van der Waals surface area contributed by atoms with Crippen molar-refractivity contribution in [1.29, 1.82) is 0 Å². The maximum Gasteiger partial charge on any atom is 0.327 e. The molecule has 1 heteroatoms. The molecule has 0 unspecified atom stereocenters. The Morgan fingerprint density at radius 1 is 1.09 bits per heavy atom. The molecule has 0 nitrogen and oxygen atoms in total. The van der Waals surface area contributed by atoms with Gasteiger partial charge in [-0.25, -0.2) is 0 Å². The van der Waals surface area contributed by atoms with E-state index in [0.717, 1.165) is 0 Å². The molecule has 0 aliphatic heterocycles. The van der Waals surface area contributed by atoms with Gasteiger partial charge in [-0.2, -0.15) is 0 Å². The number of rotatable bonds is 1. The fraction of sp³-hybridized carbons (Fsp3) is 0.500. The van der Waals surface area contributed by atoms with Crippen LogP contribution in [-0.4, -0.2) is 8.80 Å². The molecule has 1 saturated carbocycles. The summed E-state index contributed by atoms with van der Waals surface area (Å²) >= 11 is 0. The Labute approximate surface area is 73.0 Å². The molecule has 0 aromatic rings. The third-order valence-electron chi connectivity index (χ3n) is 2.22. The van der Waals surface area contributed by atoms with E-state index in [4.69, 9.17) is 0 Å². The van der Waals surface area contributed by atoms with E-state index in [1.54, 1.807) is 5.54 Å². The first-order valence-corrected chi connectivity index (χ1v) is 6.08. The molecule has 0 saturated heterocycles. The highest BCUT2D eigenvalue weighted by molar-refractivity contribution is 6.68. The average molecular weight is 164 g/mol. The van der Waals surface area contributed by atoms with Crippen molar-refractivity contribution in [3.8, 4) is 0 Å². The third kappa shape index (κ3) is 2.33. The fourth-order valence-electron chi connectivity index (χ4n) is 1.06. The van der Waals surface area contributed by atoms with Crippen LogP contribution in [0.4, 0.5) is 0 Å². The van der Waals surface area contributed by atoms with Crippen LogP contribution >= 0.6 is 0 Å². The van der Waals surface area contributed by atoms with Gasteiger partial charge in [-0.15, -0.1) is 0 Å². The molecule has 0 atom stereocenters. The fourth-order valence-corrected chi connectivity index (χ4v) is 2.62. The predicted molar refractivity (Wildman–Crippen MR) is 51.8 cm³/mol. The Kier molecular flexibility index (Phi) is 2.79. The van der Waals surface area contributed by atoms with Crippen molar-refractivity contribution in [2.75, 3.05) is 0 Å². The van der Waals surface area contributed by atoms with Crippen LogP contribution in [0.3, 0.4) is 0 Å². The third-order valence-corrected chi connectivity index (χ3v) is 5.67. The lowest BCUT2D eigenvalue weighted by Gasteiger charge is -2.16. The maximum atomic E-state index is 2.39. The van der Waals surface area contributed by atoms with Gasteiger partial charge in [0.15, 0.2) is 0 Å². The van der Waals surface area contributed by atoms with Crippen molar-refractivity contribution in [3.05, 3.63) is 31.2 Å². The second-order valence-electron chi connectivity index (χ2n) is 4.05. The second-order valence-corrected chi connectivity index (χ2v) is 7.38.